The summed E-state index contributed by atoms with van der Waals surface area (Å²) in [6.45, 7) is 6.88. The maximum Gasteiger partial charge on any atom is 0.136 e. The maximum absolute atomic E-state index is 5.41. The summed E-state index contributed by atoms with van der Waals surface area (Å²) in [6, 6.07) is 16.2. The van der Waals surface area contributed by atoms with E-state index in [0.29, 0.717) is 0 Å². The van der Waals surface area contributed by atoms with Crippen LogP contribution < -0.4 is 15.4 Å². The molecule has 0 fully saturated rings. The monoisotopic (exact) mass is 362 g/mol. The fourth-order valence-electron chi connectivity index (χ4n) is 2.98. The van der Waals surface area contributed by atoms with Gasteiger partial charge < -0.3 is 15.4 Å². The predicted octanol–water partition coefficient (Wildman–Crippen LogP) is 4.81. The van der Waals surface area contributed by atoms with Crippen molar-refractivity contribution in [3.05, 3.63) is 71.0 Å². The largest absolute Gasteiger partial charge is 0.496 e. The van der Waals surface area contributed by atoms with Crippen LogP contribution in [0.2, 0.25) is 0 Å². The number of ether oxygens (including phenoxy) is 1. The van der Waals surface area contributed by atoms with Crippen LogP contribution in [-0.4, -0.2) is 23.6 Å². The lowest BCUT2D eigenvalue weighted by Crippen LogP contribution is -2.09. The second-order valence-corrected chi connectivity index (χ2v) is 6.55. The molecule has 1 aromatic heterocycles. The van der Waals surface area contributed by atoms with Crippen molar-refractivity contribution in [3.63, 3.8) is 0 Å². The third-order valence-corrected chi connectivity index (χ3v) is 4.60. The molecule has 0 atom stereocenters. The van der Waals surface area contributed by atoms with Gasteiger partial charge in [0, 0.05) is 18.3 Å². The van der Waals surface area contributed by atoms with Gasteiger partial charge in [0.05, 0.1) is 7.11 Å². The smallest absolute Gasteiger partial charge is 0.136 e. The number of para-hydroxylation sites is 1. The van der Waals surface area contributed by atoms with Crippen LogP contribution in [0.1, 0.15) is 22.5 Å². The number of anilines is 3. The van der Waals surface area contributed by atoms with Gasteiger partial charge in [-0.25, -0.2) is 9.97 Å². The van der Waals surface area contributed by atoms with Crippen molar-refractivity contribution in [2.24, 2.45) is 0 Å². The Balaban J connectivity index is 1.69. The Labute approximate surface area is 160 Å². The summed E-state index contributed by atoms with van der Waals surface area (Å²) in [5.74, 6) is 3.24. The highest BCUT2D eigenvalue weighted by molar-refractivity contribution is 5.63. The number of benzene rings is 2. The molecule has 2 aromatic carbocycles. The van der Waals surface area contributed by atoms with Crippen molar-refractivity contribution in [2.45, 2.75) is 27.2 Å². The number of aryl methyl sites for hydroxylation is 2. The van der Waals surface area contributed by atoms with Crippen molar-refractivity contribution >= 4 is 17.3 Å². The number of hydrogen-bond donors (Lipinski definition) is 2. The molecule has 1 heterocycles. The van der Waals surface area contributed by atoms with Crippen molar-refractivity contribution in [3.8, 4) is 5.75 Å². The van der Waals surface area contributed by atoms with Crippen LogP contribution in [0.3, 0.4) is 0 Å². The number of aromatic nitrogens is 2. The van der Waals surface area contributed by atoms with Crippen LogP contribution >= 0.6 is 0 Å². The molecule has 0 aliphatic carbocycles. The maximum atomic E-state index is 5.41. The molecule has 0 spiro atoms. The number of rotatable bonds is 7. The first kappa shape index (κ1) is 18.7. The highest BCUT2D eigenvalue weighted by Crippen LogP contribution is 2.23. The SMILES string of the molecule is COc1ccccc1CCNc1cc(Nc2cccc(C)c2C)nc(C)n1. The van der Waals surface area contributed by atoms with Gasteiger partial charge in [-0.15, -0.1) is 0 Å². The van der Waals surface area contributed by atoms with Crippen LogP contribution in [0.25, 0.3) is 0 Å². The second kappa shape index (κ2) is 8.54. The Kier molecular flexibility index (Phi) is 5.91. The molecule has 140 valence electrons. The minimum absolute atomic E-state index is 0.727. The molecule has 0 saturated carbocycles. The zero-order valence-corrected chi connectivity index (χ0v) is 16.3. The molecule has 0 unspecified atom stereocenters. The molecule has 2 N–H and O–H groups in total. The van der Waals surface area contributed by atoms with Crippen LogP contribution in [-0.2, 0) is 6.42 Å². The van der Waals surface area contributed by atoms with Gasteiger partial charge in [-0.2, -0.15) is 0 Å². The summed E-state index contributed by atoms with van der Waals surface area (Å²) in [5.41, 5.74) is 4.71. The molecule has 0 radical (unpaired) electrons. The Morgan fingerprint density at radius 3 is 2.52 bits per heavy atom. The van der Waals surface area contributed by atoms with Gasteiger partial charge in [0.15, 0.2) is 0 Å². The summed E-state index contributed by atoms with van der Waals surface area (Å²) in [7, 11) is 1.70. The molecule has 0 amide bonds. The zero-order chi connectivity index (χ0) is 19.2. The highest BCUT2D eigenvalue weighted by Gasteiger charge is 2.06. The quantitative estimate of drug-likeness (QED) is 0.632. The molecular weight excluding hydrogens is 336 g/mol. The molecule has 0 bridgehead atoms. The standard InChI is InChI=1S/C22H26N4O/c1-15-8-7-10-19(16(15)2)26-22-14-21(24-17(3)25-22)23-13-12-18-9-5-6-11-20(18)27-4/h5-11,14H,12-13H2,1-4H3,(H2,23,24,25,26). The van der Waals surface area contributed by atoms with E-state index < -0.39 is 0 Å². The predicted molar refractivity (Wildman–Crippen MR) is 111 cm³/mol. The van der Waals surface area contributed by atoms with Crippen LogP contribution in [0.5, 0.6) is 5.75 Å². The van der Waals surface area contributed by atoms with Crippen molar-refractivity contribution in [1.29, 1.82) is 0 Å². The third kappa shape index (κ3) is 4.76. The summed E-state index contributed by atoms with van der Waals surface area (Å²) >= 11 is 0. The van der Waals surface area contributed by atoms with E-state index in [2.05, 4.69) is 52.6 Å². The van der Waals surface area contributed by atoms with Crippen LogP contribution in [0.4, 0.5) is 17.3 Å². The number of hydrogen-bond acceptors (Lipinski definition) is 5. The minimum atomic E-state index is 0.727. The normalized spacial score (nSPS) is 10.5. The third-order valence-electron chi connectivity index (χ3n) is 4.60. The van der Waals surface area contributed by atoms with Crippen molar-refractivity contribution in [2.75, 3.05) is 24.3 Å². The number of nitrogens with zero attached hydrogens (tertiary/aromatic N) is 2. The van der Waals surface area contributed by atoms with Gasteiger partial charge in [0.1, 0.15) is 23.2 Å². The van der Waals surface area contributed by atoms with E-state index >= 15 is 0 Å². The van der Waals surface area contributed by atoms with Gasteiger partial charge in [-0.1, -0.05) is 30.3 Å². The van der Waals surface area contributed by atoms with Crippen molar-refractivity contribution < 1.29 is 4.74 Å². The Morgan fingerprint density at radius 2 is 1.70 bits per heavy atom. The average Bonchev–Trinajstić information content (AvgIpc) is 2.65. The van der Waals surface area contributed by atoms with Gasteiger partial charge >= 0.3 is 0 Å². The summed E-state index contributed by atoms with van der Waals surface area (Å²) in [6.07, 6.45) is 0.854. The van der Waals surface area contributed by atoms with E-state index in [-0.39, 0.29) is 0 Å². The first-order valence-corrected chi connectivity index (χ1v) is 9.11. The second-order valence-electron chi connectivity index (χ2n) is 6.55. The molecule has 0 saturated heterocycles. The average molecular weight is 362 g/mol. The van der Waals surface area contributed by atoms with E-state index in [4.69, 9.17) is 4.74 Å². The molecular formula is C22H26N4O. The van der Waals surface area contributed by atoms with E-state index in [1.54, 1.807) is 7.11 Å². The van der Waals surface area contributed by atoms with E-state index in [0.717, 1.165) is 41.9 Å². The molecule has 3 rings (SSSR count). The Bertz CT molecular complexity index is 924. The number of nitrogens with one attached hydrogen (secondary N) is 2. The number of methoxy groups -OCH3 is 1. The summed E-state index contributed by atoms with van der Waals surface area (Å²) in [5, 5.41) is 6.80. The Hall–Kier alpha value is -3.08. The molecule has 0 aliphatic rings. The first-order chi connectivity index (χ1) is 13.1. The molecule has 5 nitrogen and oxygen atoms in total. The fourth-order valence-corrected chi connectivity index (χ4v) is 2.98. The van der Waals surface area contributed by atoms with E-state index in [1.165, 1.54) is 16.7 Å². The van der Waals surface area contributed by atoms with Crippen molar-refractivity contribution in [1.82, 2.24) is 9.97 Å². The first-order valence-electron chi connectivity index (χ1n) is 9.11. The lowest BCUT2D eigenvalue weighted by atomic mass is 10.1. The topological polar surface area (TPSA) is 59.1 Å². The van der Waals surface area contributed by atoms with Gasteiger partial charge in [0.2, 0.25) is 0 Å². The Morgan fingerprint density at radius 1 is 0.926 bits per heavy atom. The molecule has 0 aliphatic heterocycles. The molecule has 5 heteroatoms. The zero-order valence-electron chi connectivity index (χ0n) is 16.3. The van der Waals surface area contributed by atoms with Crippen LogP contribution in [0, 0.1) is 20.8 Å². The highest BCUT2D eigenvalue weighted by atomic mass is 16.5. The van der Waals surface area contributed by atoms with Crippen LogP contribution in [0.15, 0.2) is 48.5 Å². The minimum Gasteiger partial charge on any atom is -0.496 e. The summed E-state index contributed by atoms with van der Waals surface area (Å²) in [4.78, 5) is 9.01. The van der Waals surface area contributed by atoms with Gasteiger partial charge in [-0.3, -0.25) is 0 Å². The van der Waals surface area contributed by atoms with Gasteiger partial charge in [0.25, 0.3) is 0 Å². The lowest BCUT2D eigenvalue weighted by Gasteiger charge is -2.13. The fraction of sp³-hybridized carbons (Fsp3) is 0.273. The van der Waals surface area contributed by atoms with E-state index in [9.17, 15) is 0 Å². The lowest BCUT2D eigenvalue weighted by molar-refractivity contribution is 0.410. The molecule has 3 aromatic rings. The van der Waals surface area contributed by atoms with Gasteiger partial charge in [-0.05, 0) is 56.0 Å². The summed E-state index contributed by atoms with van der Waals surface area (Å²) < 4.78 is 5.41. The molecule has 27 heavy (non-hydrogen) atoms. The van der Waals surface area contributed by atoms with E-state index in [1.807, 2.05) is 37.3 Å².